The molecule has 0 aliphatic heterocycles. The lowest BCUT2D eigenvalue weighted by Crippen LogP contribution is -2.43. The Morgan fingerprint density at radius 1 is 1.33 bits per heavy atom. The van der Waals surface area contributed by atoms with E-state index in [1.165, 1.54) is 12.1 Å². The molecule has 2 rings (SSSR count). The molecule has 1 aliphatic carbocycles. The molecule has 24 heavy (non-hydrogen) atoms. The Hall–Kier alpha value is -2.05. The normalized spacial score (nSPS) is 17.2. The number of hydrogen-bond acceptors (Lipinski definition) is 2. The third-order valence-electron chi connectivity index (χ3n) is 4.12. The van der Waals surface area contributed by atoms with Crippen molar-refractivity contribution in [1.29, 1.82) is 0 Å². The van der Waals surface area contributed by atoms with Crippen molar-refractivity contribution in [2.24, 2.45) is 11.8 Å². The summed E-state index contributed by atoms with van der Waals surface area (Å²) in [5.74, 6) is -1.82. The number of carbonyl (C=O) groups excluding carboxylic acids is 1. The van der Waals surface area contributed by atoms with Crippen molar-refractivity contribution < 1.29 is 27.9 Å². The number of carboxylic acids is 1. The van der Waals surface area contributed by atoms with E-state index >= 15 is 0 Å². The zero-order valence-electron chi connectivity index (χ0n) is 13.3. The molecule has 0 heterocycles. The molecule has 4 nitrogen and oxygen atoms in total. The van der Waals surface area contributed by atoms with E-state index in [1.807, 2.05) is 0 Å². The topological polar surface area (TPSA) is 66.4 Å². The van der Waals surface area contributed by atoms with Crippen LogP contribution < -0.4 is 5.32 Å². The molecule has 1 amide bonds. The number of alkyl halides is 3. The average molecular weight is 343 g/mol. The lowest BCUT2D eigenvalue weighted by Gasteiger charge is -2.18. The lowest BCUT2D eigenvalue weighted by atomic mass is 9.98. The Balaban J connectivity index is 1.96. The molecule has 1 aromatic carbocycles. The molecule has 0 saturated heterocycles. The van der Waals surface area contributed by atoms with Crippen LogP contribution in [0.25, 0.3) is 0 Å². The summed E-state index contributed by atoms with van der Waals surface area (Å²) in [5, 5.41) is 11.6. The van der Waals surface area contributed by atoms with Gasteiger partial charge in [0.1, 0.15) is 6.04 Å². The first-order chi connectivity index (χ1) is 11.2. The van der Waals surface area contributed by atoms with Crippen LogP contribution in [0, 0.1) is 11.8 Å². The number of carbonyl (C=O) groups is 2. The fourth-order valence-corrected chi connectivity index (χ4v) is 2.54. The van der Waals surface area contributed by atoms with Crippen molar-refractivity contribution in [2.45, 2.75) is 44.8 Å². The van der Waals surface area contributed by atoms with Crippen molar-refractivity contribution >= 4 is 11.9 Å². The van der Waals surface area contributed by atoms with Crippen molar-refractivity contribution in [2.75, 3.05) is 0 Å². The summed E-state index contributed by atoms with van der Waals surface area (Å²) >= 11 is 0. The highest BCUT2D eigenvalue weighted by atomic mass is 19.4. The molecule has 1 fully saturated rings. The van der Waals surface area contributed by atoms with Crippen molar-refractivity contribution in [3.8, 4) is 0 Å². The number of aliphatic carboxylic acids is 1. The van der Waals surface area contributed by atoms with Gasteiger partial charge in [-0.3, -0.25) is 4.79 Å². The molecule has 0 radical (unpaired) electrons. The van der Waals surface area contributed by atoms with Crippen LogP contribution >= 0.6 is 0 Å². The number of nitrogens with one attached hydrogen (secondary N) is 1. The van der Waals surface area contributed by atoms with Crippen LogP contribution in [-0.4, -0.2) is 23.0 Å². The third kappa shape index (κ3) is 5.25. The number of hydrogen-bond donors (Lipinski definition) is 2. The molecule has 1 aromatic rings. The van der Waals surface area contributed by atoms with E-state index in [-0.39, 0.29) is 6.42 Å². The van der Waals surface area contributed by atoms with Crippen LogP contribution in [0.2, 0.25) is 0 Å². The molecule has 1 aliphatic rings. The number of benzene rings is 1. The maximum atomic E-state index is 12.7. The van der Waals surface area contributed by atoms with Crippen LogP contribution in [0.1, 0.15) is 37.3 Å². The molecule has 2 atom stereocenters. The van der Waals surface area contributed by atoms with E-state index in [0.717, 1.165) is 25.0 Å². The average Bonchev–Trinajstić information content (AvgIpc) is 3.29. The van der Waals surface area contributed by atoms with E-state index in [1.54, 1.807) is 6.92 Å². The number of rotatable bonds is 7. The summed E-state index contributed by atoms with van der Waals surface area (Å²) in [5.41, 5.74) is -0.369. The minimum atomic E-state index is -4.43. The Bertz CT molecular complexity index is 611. The highest BCUT2D eigenvalue weighted by Crippen LogP contribution is 2.33. The Kier molecular flexibility index (Phi) is 5.51. The van der Waals surface area contributed by atoms with Crippen molar-refractivity contribution in [1.82, 2.24) is 5.32 Å². The van der Waals surface area contributed by atoms with Crippen LogP contribution in [0.5, 0.6) is 0 Å². The smallest absolute Gasteiger partial charge is 0.416 e. The van der Waals surface area contributed by atoms with Crippen LogP contribution in [0.15, 0.2) is 24.3 Å². The van der Waals surface area contributed by atoms with Crippen molar-refractivity contribution in [3.63, 3.8) is 0 Å². The minimum Gasteiger partial charge on any atom is -0.480 e. The fourth-order valence-electron chi connectivity index (χ4n) is 2.54. The molecule has 132 valence electrons. The molecule has 2 N–H and O–H groups in total. The monoisotopic (exact) mass is 343 g/mol. The number of amides is 1. The van der Waals surface area contributed by atoms with Gasteiger partial charge in [-0.05, 0) is 30.4 Å². The van der Waals surface area contributed by atoms with Gasteiger partial charge in [-0.2, -0.15) is 13.2 Å². The summed E-state index contributed by atoms with van der Waals surface area (Å²) in [4.78, 5) is 23.3. The van der Waals surface area contributed by atoms with Gasteiger partial charge in [0.15, 0.2) is 0 Å². The van der Waals surface area contributed by atoms with Gasteiger partial charge in [-0.25, -0.2) is 4.79 Å². The molecule has 7 heteroatoms. The SMILES string of the molecule is CC(Cc1cccc(C(F)(F)F)c1)C(=O)NC(CC1CC1)C(=O)O. The Labute approximate surface area is 138 Å². The number of carboxylic acid groups (broad SMARTS) is 1. The summed E-state index contributed by atoms with van der Waals surface area (Å²) in [6, 6.07) is 3.88. The molecule has 0 aromatic heterocycles. The molecule has 1 saturated carbocycles. The van der Waals surface area contributed by atoms with E-state index in [2.05, 4.69) is 5.32 Å². The van der Waals surface area contributed by atoms with Gasteiger partial charge in [0.05, 0.1) is 5.56 Å². The minimum absolute atomic E-state index is 0.117. The summed E-state index contributed by atoms with van der Waals surface area (Å²) in [6.45, 7) is 1.58. The molecule has 2 unspecified atom stereocenters. The summed E-state index contributed by atoms with van der Waals surface area (Å²) in [6.07, 6.45) is -1.97. The molecular formula is C17H20F3NO3. The zero-order chi connectivity index (χ0) is 17.9. The maximum absolute atomic E-state index is 12.7. The predicted molar refractivity (Wildman–Crippen MR) is 81.2 cm³/mol. The highest BCUT2D eigenvalue weighted by Gasteiger charge is 2.32. The summed E-state index contributed by atoms with van der Waals surface area (Å²) in [7, 11) is 0. The van der Waals surface area contributed by atoms with Crippen molar-refractivity contribution in [3.05, 3.63) is 35.4 Å². The first kappa shape index (κ1) is 18.3. The fraction of sp³-hybridized carbons (Fsp3) is 0.529. The molecular weight excluding hydrogens is 323 g/mol. The number of halogens is 3. The lowest BCUT2D eigenvalue weighted by molar-refractivity contribution is -0.142. The quantitative estimate of drug-likeness (QED) is 0.799. The standard InChI is InChI=1S/C17H20F3NO3/c1-10(7-12-3-2-4-13(8-12)17(18,19)20)15(22)21-14(16(23)24)9-11-5-6-11/h2-4,8,10-11,14H,5-7,9H2,1H3,(H,21,22)(H,23,24). The van der Waals surface area contributed by atoms with Gasteiger partial charge in [0.25, 0.3) is 0 Å². The largest absolute Gasteiger partial charge is 0.480 e. The van der Waals surface area contributed by atoms with Crippen LogP contribution in [0.3, 0.4) is 0 Å². The van der Waals surface area contributed by atoms with E-state index in [0.29, 0.717) is 17.9 Å². The van der Waals surface area contributed by atoms with Gasteiger partial charge < -0.3 is 10.4 Å². The third-order valence-corrected chi connectivity index (χ3v) is 4.12. The first-order valence-corrected chi connectivity index (χ1v) is 7.86. The van der Waals surface area contributed by atoms with E-state index in [9.17, 15) is 22.8 Å². The zero-order valence-corrected chi connectivity index (χ0v) is 13.3. The van der Waals surface area contributed by atoms with Gasteiger partial charge in [-0.15, -0.1) is 0 Å². The van der Waals surface area contributed by atoms with Gasteiger partial charge >= 0.3 is 12.1 Å². The second-order valence-electron chi connectivity index (χ2n) is 6.38. The Morgan fingerprint density at radius 3 is 2.54 bits per heavy atom. The van der Waals surface area contributed by atoms with Crippen LogP contribution in [0.4, 0.5) is 13.2 Å². The van der Waals surface area contributed by atoms with E-state index in [4.69, 9.17) is 5.11 Å². The molecule has 0 bridgehead atoms. The van der Waals surface area contributed by atoms with Crippen LogP contribution in [-0.2, 0) is 22.2 Å². The molecule has 0 spiro atoms. The van der Waals surface area contributed by atoms with Gasteiger partial charge in [0, 0.05) is 5.92 Å². The van der Waals surface area contributed by atoms with Gasteiger partial charge in [0.2, 0.25) is 5.91 Å². The van der Waals surface area contributed by atoms with Gasteiger partial charge in [-0.1, -0.05) is 38.0 Å². The highest BCUT2D eigenvalue weighted by molar-refractivity contribution is 5.84. The first-order valence-electron chi connectivity index (χ1n) is 7.86. The Morgan fingerprint density at radius 2 is 2.00 bits per heavy atom. The van der Waals surface area contributed by atoms with E-state index < -0.39 is 35.6 Å². The second kappa shape index (κ2) is 7.23. The predicted octanol–water partition coefficient (Wildman–Crippen LogP) is 3.25. The summed E-state index contributed by atoms with van der Waals surface area (Å²) < 4.78 is 38.1. The second-order valence-corrected chi connectivity index (χ2v) is 6.38. The maximum Gasteiger partial charge on any atom is 0.416 e.